The Balaban J connectivity index is 0.000000433. The van der Waals surface area contributed by atoms with Crippen LogP contribution in [-0.2, 0) is 0 Å². The van der Waals surface area contributed by atoms with Gasteiger partial charge in [-0.3, -0.25) is 0 Å². The van der Waals surface area contributed by atoms with E-state index in [1.165, 1.54) is 16.7 Å². The Morgan fingerprint density at radius 3 is 0.625 bits per heavy atom. The number of phenols is 3. The number of rotatable bonds is 0. The van der Waals surface area contributed by atoms with E-state index < -0.39 is 0 Å². The molecule has 0 aromatic heterocycles. The maximum absolute atomic E-state index is 9.33. The SMILES string of the molecule is Cc1cc(C)c(O)c(C)c1.Cc1cc(C)c(O)c(C)c1.Cc1cc(C)c(O)c(C)c1.O[SiH3]. The summed E-state index contributed by atoms with van der Waals surface area (Å²) in [6.07, 6.45) is 0. The van der Waals surface area contributed by atoms with Crippen LogP contribution in [0.3, 0.4) is 0 Å². The highest BCUT2D eigenvalue weighted by molar-refractivity contribution is 5.95. The van der Waals surface area contributed by atoms with Gasteiger partial charge in [0.2, 0.25) is 0 Å². The molecule has 0 aliphatic carbocycles. The van der Waals surface area contributed by atoms with Crippen LogP contribution in [0.5, 0.6) is 17.2 Å². The summed E-state index contributed by atoms with van der Waals surface area (Å²) in [5, 5.41) is 28.0. The minimum Gasteiger partial charge on any atom is -0.507 e. The normalized spacial score (nSPS) is 9.56. The van der Waals surface area contributed by atoms with Gasteiger partial charge in [-0.1, -0.05) is 53.1 Å². The molecule has 0 saturated heterocycles. The second-order valence-electron chi connectivity index (χ2n) is 8.24. The lowest BCUT2D eigenvalue weighted by atomic mass is 10.1. The molecule has 0 aliphatic rings. The van der Waals surface area contributed by atoms with Gasteiger partial charge in [-0.2, -0.15) is 0 Å². The van der Waals surface area contributed by atoms with Crippen LogP contribution in [-0.4, -0.2) is 30.6 Å². The topological polar surface area (TPSA) is 80.9 Å². The van der Waals surface area contributed by atoms with Crippen molar-refractivity contribution >= 4 is 10.5 Å². The van der Waals surface area contributed by atoms with Gasteiger partial charge in [-0.15, -0.1) is 0 Å². The molecular formula is C27H40O4Si. The van der Waals surface area contributed by atoms with Crippen molar-refractivity contribution in [2.24, 2.45) is 0 Å². The molecule has 0 fully saturated rings. The van der Waals surface area contributed by atoms with Gasteiger partial charge in [0, 0.05) is 0 Å². The third-order valence-corrected chi connectivity index (χ3v) is 4.91. The Morgan fingerprint density at radius 1 is 0.375 bits per heavy atom. The van der Waals surface area contributed by atoms with Crippen LogP contribution in [0.4, 0.5) is 0 Å². The van der Waals surface area contributed by atoms with Crippen LogP contribution < -0.4 is 0 Å². The fourth-order valence-electron chi connectivity index (χ4n) is 3.52. The lowest BCUT2D eigenvalue weighted by molar-refractivity contribution is 0.466. The fraction of sp³-hybridized carbons (Fsp3) is 0.333. The average Bonchev–Trinajstić information content (AvgIpc) is 2.70. The van der Waals surface area contributed by atoms with E-state index >= 15 is 0 Å². The summed E-state index contributed by atoms with van der Waals surface area (Å²) >= 11 is 0. The molecule has 0 radical (unpaired) electrons. The molecule has 0 aliphatic heterocycles. The summed E-state index contributed by atoms with van der Waals surface area (Å²) in [5.74, 6) is 1.27. The number of aromatic hydroxyl groups is 3. The lowest BCUT2D eigenvalue weighted by Gasteiger charge is -2.03. The zero-order valence-electron chi connectivity index (χ0n) is 21.3. The van der Waals surface area contributed by atoms with Crippen molar-refractivity contribution in [1.29, 1.82) is 0 Å². The Hall–Kier alpha value is -2.76. The molecule has 3 aromatic rings. The van der Waals surface area contributed by atoms with Crippen molar-refractivity contribution < 1.29 is 20.1 Å². The van der Waals surface area contributed by atoms with Gasteiger partial charge in [0.1, 0.15) is 27.7 Å². The molecule has 0 saturated carbocycles. The van der Waals surface area contributed by atoms with E-state index in [1.807, 2.05) is 98.7 Å². The predicted octanol–water partition coefficient (Wildman–Crippen LogP) is 5.21. The van der Waals surface area contributed by atoms with E-state index in [0.29, 0.717) is 27.7 Å². The number of hydrogen-bond donors (Lipinski definition) is 4. The van der Waals surface area contributed by atoms with E-state index in [4.69, 9.17) is 4.80 Å². The largest absolute Gasteiger partial charge is 0.507 e. The first kappa shape index (κ1) is 29.2. The van der Waals surface area contributed by atoms with E-state index in [0.717, 1.165) is 33.4 Å². The smallest absolute Gasteiger partial charge is 0.141 e. The van der Waals surface area contributed by atoms with Gasteiger partial charge in [0.05, 0.1) is 0 Å². The van der Waals surface area contributed by atoms with Crippen LogP contribution >= 0.6 is 0 Å². The molecule has 0 spiro atoms. The molecule has 0 heterocycles. The third-order valence-electron chi connectivity index (χ3n) is 4.91. The number of phenolic OH excluding ortho intramolecular Hbond substituents is 3. The molecule has 0 amide bonds. The molecule has 4 nitrogen and oxygen atoms in total. The van der Waals surface area contributed by atoms with Crippen LogP contribution in [0, 0.1) is 62.3 Å². The average molecular weight is 457 g/mol. The molecule has 3 rings (SSSR count). The summed E-state index contributed by atoms with van der Waals surface area (Å²) in [4.78, 5) is 7.14. The summed E-state index contributed by atoms with van der Waals surface area (Å²) in [6.45, 7) is 17.6. The van der Waals surface area contributed by atoms with Crippen LogP contribution in [0.2, 0.25) is 0 Å². The molecular weight excluding hydrogens is 416 g/mol. The molecule has 3 aromatic carbocycles. The first-order valence-electron chi connectivity index (χ1n) is 10.6. The molecule has 0 bridgehead atoms. The van der Waals surface area contributed by atoms with Gasteiger partial charge in [-0.05, 0) is 95.7 Å². The van der Waals surface area contributed by atoms with E-state index in [9.17, 15) is 15.3 Å². The number of hydrogen-bond acceptors (Lipinski definition) is 4. The minimum atomic E-state index is 0.306. The molecule has 32 heavy (non-hydrogen) atoms. The second-order valence-corrected chi connectivity index (χ2v) is 8.24. The van der Waals surface area contributed by atoms with Crippen molar-refractivity contribution in [3.63, 3.8) is 0 Å². The van der Waals surface area contributed by atoms with Gasteiger partial charge in [0.15, 0.2) is 0 Å². The highest BCUT2D eigenvalue weighted by Crippen LogP contribution is 2.23. The lowest BCUT2D eigenvalue weighted by Crippen LogP contribution is -1.81. The van der Waals surface area contributed by atoms with Gasteiger partial charge >= 0.3 is 0 Å². The Kier molecular flexibility index (Phi) is 12.4. The monoisotopic (exact) mass is 456 g/mol. The number of benzene rings is 3. The van der Waals surface area contributed by atoms with Gasteiger partial charge < -0.3 is 20.1 Å². The molecule has 4 N–H and O–H groups in total. The first-order valence-corrected chi connectivity index (χ1v) is 11.5. The zero-order valence-corrected chi connectivity index (χ0v) is 23.3. The third kappa shape index (κ3) is 9.16. The van der Waals surface area contributed by atoms with E-state index in [-0.39, 0.29) is 0 Å². The van der Waals surface area contributed by atoms with Crippen LogP contribution in [0.15, 0.2) is 36.4 Å². The Morgan fingerprint density at radius 2 is 0.500 bits per heavy atom. The Labute approximate surface area is 196 Å². The van der Waals surface area contributed by atoms with E-state index in [1.54, 1.807) is 0 Å². The van der Waals surface area contributed by atoms with Crippen LogP contribution in [0.1, 0.15) is 50.1 Å². The maximum Gasteiger partial charge on any atom is 0.141 e. The minimum absolute atomic E-state index is 0.306. The summed E-state index contributed by atoms with van der Waals surface area (Å²) in [5.41, 5.74) is 9.34. The predicted molar refractivity (Wildman–Crippen MR) is 139 cm³/mol. The van der Waals surface area contributed by atoms with Crippen molar-refractivity contribution in [2.45, 2.75) is 62.3 Å². The summed E-state index contributed by atoms with van der Waals surface area (Å²) in [6, 6.07) is 11.8. The van der Waals surface area contributed by atoms with E-state index in [2.05, 4.69) is 0 Å². The van der Waals surface area contributed by atoms with Gasteiger partial charge in [0.25, 0.3) is 0 Å². The van der Waals surface area contributed by atoms with Crippen molar-refractivity contribution in [3.05, 3.63) is 86.5 Å². The van der Waals surface area contributed by atoms with Crippen molar-refractivity contribution in [1.82, 2.24) is 0 Å². The Bertz CT molecular complexity index is 825. The quantitative estimate of drug-likeness (QED) is 0.350. The molecule has 176 valence electrons. The number of aryl methyl sites for hydroxylation is 9. The zero-order chi connectivity index (χ0) is 25.2. The molecule has 5 heteroatoms. The first-order chi connectivity index (χ1) is 14.8. The highest BCUT2D eigenvalue weighted by Gasteiger charge is 2.00. The standard InChI is InChI=1S/3C9H12O.H4OSi/c3*1-6-4-7(2)9(10)8(3)5-6;1-2/h3*4-5,10H,1-3H3;1H,2H3. The van der Waals surface area contributed by atoms with Crippen molar-refractivity contribution in [2.75, 3.05) is 0 Å². The van der Waals surface area contributed by atoms with Gasteiger partial charge in [-0.25, -0.2) is 0 Å². The van der Waals surface area contributed by atoms with Crippen LogP contribution in [0.25, 0.3) is 0 Å². The maximum atomic E-state index is 9.33. The van der Waals surface area contributed by atoms with Crippen molar-refractivity contribution in [3.8, 4) is 17.2 Å². The molecule has 0 unspecified atom stereocenters. The highest BCUT2D eigenvalue weighted by atomic mass is 28.2. The fourth-order valence-corrected chi connectivity index (χ4v) is 3.52. The summed E-state index contributed by atoms with van der Waals surface area (Å²) < 4.78 is 0. The summed E-state index contributed by atoms with van der Waals surface area (Å²) in [7, 11) is 0.306. The second kappa shape index (κ2) is 13.6. The molecule has 0 atom stereocenters.